The maximum atomic E-state index is 12.1. The average molecular weight is 252 g/mol. The van der Waals surface area contributed by atoms with Crippen molar-refractivity contribution in [2.24, 2.45) is 5.73 Å². The molecule has 1 atom stereocenters. The molecule has 1 aromatic rings. The van der Waals surface area contributed by atoms with Gasteiger partial charge in [-0.25, -0.2) is 0 Å². The maximum Gasteiger partial charge on any atom is 0.259 e. The molecule has 0 saturated carbocycles. The maximum absolute atomic E-state index is 12.1. The van der Waals surface area contributed by atoms with E-state index in [-0.39, 0.29) is 17.1 Å². The Morgan fingerprint density at radius 3 is 2.39 bits per heavy atom. The number of amides is 1. The van der Waals surface area contributed by atoms with Gasteiger partial charge in [0.1, 0.15) is 17.1 Å². The number of phenols is 2. The van der Waals surface area contributed by atoms with E-state index in [1.54, 1.807) is 0 Å². The van der Waals surface area contributed by atoms with Crippen LogP contribution in [0.2, 0.25) is 0 Å². The van der Waals surface area contributed by atoms with Gasteiger partial charge in [-0.05, 0) is 38.4 Å². The summed E-state index contributed by atoms with van der Waals surface area (Å²) in [6.07, 6.45) is 1.34. The van der Waals surface area contributed by atoms with Gasteiger partial charge in [-0.3, -0.25) is 4.79 Å². The zero-order chi connectivity index (χ0) is 13.8. The Balaban J connectivity index is 2.95. The van der Waals surface area contributed by atoms with E-state index in [1.807, 2.05) is 13.8 Å². The van der Waals surface area contributed by atoms with Crippen LogP contribution in [0.4, 0.5) is 0 Å². The Hall–Kier alpha value is -1.75. The van der Waals surface area contributed by atoms with Crippen LogP contribution in [0.3, 0.4) is 0 Å². The average Bonchev–Trinajstić information content (AvgIpc) is 2.29. The van der Waals surface area contributed by atoms with Crippen LogP contribution in [0.1, 0.15) is 37.0 Å². The first-order valence-corrected chi connectivity index (χ1v) is 5.97. The molecule has 0 aliphatic heterocycles. The summed E-state index contributed by atoms with van der Waals surface area (Å²) in [6.45, 7) is 4.28. The molecule has 100 valence electrons. The third-order valence-electron chi connectivity index (χ3n) is 3.14. The monoisotopic (exact) mass is 252 g/mol. The molecule has 0 aliphatic rings. The largest absolute Gasteiger partial charge is 0.507 e. The summed E-state index contributed by atoms with van der Waals surface area (Å²) < 4.78 is 0. The van der Waals surface area contributed by atoms with E-state index in [9.17, 15) is 15.0 Å². The van der Waals surface area contributed by atoms with Crippen LogP contribution >= 0.6 is 0 Å². The highest BCUT2D eigenvalue weighted by molar-refractivity contribution is 5.99. The van der Waals surface area contributed by atoms with Crippen LogP contribution in [0.25, 0.3) is 0 Å². The molecule has 0 fully saturated rings. The van der Waals surface area contributed by atoms with Crippen molar-refractivity contribution in [2.75, 3.05) is 6.54 Å². The van der Waals surface area contributed by atoms with E-state index in [1.165, 1.54) is 18.2 Å². The predicted octanol–water partition coefficient (Wildman–Crippen LogP) is 1.35. The van der Waals surface area contributed by atoms with Crippen LogP contribution in [-0.2, 0) is 0 Å². The van der Waals surface area contributed by atoms with Crippen molar-refractivity contribution in [3.05, 3.63) is 23.8 Å². The van der Waals surface area contributed by atoms with Gasteiger partial charge in [0.25, 0.3) is 5.91 Å². The lowest BCUT2D eigenvalue weighted by molar-refractivity contribution is 0.0894. The Morgan fingerprint density at radius 1 is 1.39 bits per heavy atom. The number of phenolic OH excluding ortho intramolecular Hbond substituents is 2. The SMILES string of the molecule is CCC(C)(CCN)NC(=O)c1c(O)cccc1O. The summed E-state index contributed by atoms with van der Waals surface area (Å²) >= 11 is 0. The van der Waals surface area contributed by atoms with Gasteiger partial charge in [-0.1, -0.05) is 13.0 Å². The molecular weight excluding hydrogens is 232 g/mol. The van der Waals surface area contributed by atoms with E-state index in [0.717, 1.165) is 0 Å². The van der Waals surface area contributed by atoms with Crippen LogP contribution < -0.4 is 11.1 Å². The normalized spacial score (nSPS) is 13.9. The third kappa shape index (κ3) is 3.13. The molecule has 18 heavy (non-hydrogen) atoms. The molecule has 0 aromatic heterocycles. The number of hydrogen-bond donors (Lipinski definition) is 4. The van der Waals surface area contributed by atoms with E-state index in [4.69, 9.17) is 5.73 Å². The van der Waals surface area contributed by atoms with Crippen LogP contribution in [0.15, 0.2) is 18.2 Å². The van der Waals surface area contributed by atoms with E-state index >= 15 is 0 Å². The van der Waals surface area contributed by atoms with E-state index in [0.29, 0.717) is 19.4 Å². The minimum absolute atomic E-state index is 0.103. The van der Waals surface area contributed by atoms with Crippen molar-refractivity contribution in [3.8, 4) is 11.5 Å². The Morgan fingerprint density at radius 2 is 1.94 bits per heavy atom. The van der Waals surface area contributed by atoms with Crippen LogP contribution in [0.5, 0.6) is 11.5 Å². The summed E-state index contributed by atoms with van der Waals surface area (Å²) in [4.78, 5) is 12.1. The summed E-state index contributed by atoms with van der Waals surface area (Å²) in [7, 11) is 0. The second-order valence-electron chi connectivity index (χ2n) is 4.58. The van der Waals surface area contributed by atoms with Gasteiger partial charge >= 0.3 is 0 Å². The first-order chi connectivity index (χ1) is 8.43. The highest BCUT2D eigenvalue weighted by atomic mass is 16.3. The Bertz CT molecular complexity index is 414. The van der Waals surface area contributed by atoms with Gasteiger partial charge in [0.05, 0.1) is 0 Å². The van der Waals surface area contributed by atoms with Crippen molar-refractivity contribution in [3.63, 3.8) is 0 Å². The van der Waals surface area contributed by atoms with Gasteiger partial charge in [0.15, 0.2) is 0 Å². The summed E-state index contributed by atoms with van der Waals surface area (Å²) in [5.41, 5.74) is 4.97. The highest BCUT2D eigenvalue weighted by Crippen LogP contribution is 2.27. The zero-order valence-corrected chi connectivity index (χ0v) is 10.7. The molecular formula is C13H20N2O3. The Labute approximate surface area is 107 Å². The van der Waals surface area contributed by atoms with Gasteiger partial charge < -0.3 is 21.3 Å². The molecule has 0 spiro atoms. The highest BCUT2D eigenvalue weighted by Gasteiger charge is 2.26. The molecule has 5 heteroatoms. The zero-order valence-electron chi connectivity index (χ0n) is 10.7. The molecule has 1 unspecified atom stereocenters. The summed E-state index contributed by atoms with van der Waals surface area (Å²) in [5, 5.41) is 22.0. The van der Waals surface area contributed by atoms with Crippen molar-refractivity contribution in [2.45, 2.75) is 32.2 Å². The standard InChI is InChI=1S/C13H20N2O3/c1-3-13(2,7-8-14)15-12(18)11-9(16)5-4-6-10(11)17/h4-6,16-17H,3,7-8,14H2,1-2H3,(H,15,18). The third-order valence-corrected chi connectivity index (χ3v) is 3.14. The number of nitrogens with one attached hydrogen (secondary N) is 1. The molecule has 0 radical (unpaired) electrons. The topological polar surface area (TPSA) is 95.6 Å². The van der Waals surface area contributed by atoms with Gasteiger partial charge in [0, 0.05) is 5.54 Å². The minimum Gasteiger partial charge on any atom is -0.507 e. The molecule has 0 heterocycles. The van der Waals surface area contributed by atoms with Crippen LogP contribution in [0, 0.1) is 0 Å². The molecule has 5 nitrogen and oxygen atoms in total. The number of nitrogens with two attached hydrogens (primary N) is 1. The fourth-order valence-electron chi connectivity index (χ4n) is 1.74. The second-order valence-corrected chi connectivity index (χ2v) is 4.58. The first-order valence-electron chi connectivity index (χ1n) is 5.97. The van der Waals surface area contributed by atoms with Crippen molar-refractivity contribution < 1.29 is 15.0 Å². The minimum atomic E-state index is -0.497. The molecule has 0 aliphatic carbocycles. The number of carbonyl (C=O) groups is 1. The molecule has 1 rings (SSSR count). The molecule has 0 bridgehead atoms. The fraction of sp³-hybridized carbons (Fsp3) is 0.462. The summed E-state index contributed by atoms with van der Waals surface area (Å²) in [6, 6.07) is 4.20. The number of carbonyl (C=O) groups excluding carboxylic acids is 1. The molecule has 1 aromatic carbocycles. The molecule has 1 amide bonds. The van der Waals surface area contributed by atoms with Gasteiger partial charge in [-0.2, -0.15) is 0 Å². The van der Waals surface area contributed by atoms with Crippen molar-refractivity contribution >= 4 is 5.91 Å². The Kier molecular flexibility index (Phi) is 4.55. The van der Waals surface area contributed by atoms with Crippen LogP contribution in [-0.4, -0.2) is 28.2 Å². The smallest absolute Gasteiger partial charge is 0.259 e. The lowest BCUT2D eigenvalue weighted by Crippen LogP contribution is -2.46. The lowest BCUT2D eigenvalue weighted by atomic mass is 9.94. The molecule has 5 N–H and O–H groups in total. The quantitative estimate of drug-likeness (QED) is 0.636. The van der Waals surface area contributed by atoms with E-state index < -0.39 is 11.4 Å². The van der Waals surface area contributed by atoms with E-state index in [2.05, 4.69) is 5.32 Å². The summed E-state index contributed by atoms with van der Waals surface area (Å²) in [5.74, 6) is -0.971. The lowest BCUT2D eigenvalue weighted by Gasteiger charge is -2.29. The molecule has 0 saturated heterocycles. The fourth-order valence-corrected chi connectivity index (χ4v) is 1.74. The second kappa shape index (κ2) is 5.73. The van der Waals surface area contributed by atoms with Crippen molar-refractivity contribution in [1.29, 1.82) is 0 Å². The number of aromatic hydroxyl groups is 2. The first kappa shape index (κ1) is 14.3. The predicted molar refractivity (Wildman–Crippen MR) is 69.6 cm³/mol. The van der Waals surface area contributed by atoms with Gasteiger partial charge in [0.2, 0.25) is 0 Å². The van der Waals surface area contributed by atoms with Crippen molar-refractivity contribution in [1.82, 2.24) is 5.32 Å². The number of benzene rings is 1. The number of hydrogen-bond acceptors (Lipinski definition) is 4. The van der Waals surface area contributed by atoms with Gasteiger partial charge in [-0.15, -0.1) is 0 Å². The number of rotatable bonds is 5.